The van der Waals surface area contributed by atoms with E-state index >= 15 is 0 Å². The average Bonchev–Trinajstić information content (AvgIpc) is 2.61. The van der Waals surface area contributed by atoms with Crippen LogP contribution in [0, 0.1) is 11.6 Å². The number of benzene rings is 2. The van der Waals surface area contributed by atoms with E-state index in [0.717, 1.165) is 17.7 Å². The Morgan fingerprint density at radius 1 is 1.14 bits per heavy atom. The average molecular weight is 410 g/mol. The molecule has 0 aromatic heterocycles. The zero-order valence-corrected chi connectivity index (χ0v) is 17.0. The molecule has 0 spiro atoms. The second kappa shape index (κ2) is 7.59. The van der Waals surface area contributed by atoms with Crippen LogP contribution in [0.4, 0.5) is 13.6 Å². The van der Waals surface area contributed by atoms with Crippen LogP contribution >= 0.6 is 11.6 Å². The van der Waals surface area contributed by atoms with Gasteiger partial charge in [0.05, 0.1) is 12.7 Å². The molecule has 1 heterocycles. The highest BCUT2D eigenvalue weighted by atomic mass is 35.5. The van der Waals surface area contributed by atoms with Gasteiger partial charge in [-0.25, -0.2) is 13.6 Å². The summed E-state index contributed by atoms with van der Waals surface area (Å²) in [6, 6.07) is 5.47. The highest BCUT2D eigenvalue weighted by Gasteiger charge is 2.29. The van der Waals surface area contributed by atoms with E-state index in [1.54, 1.807) is 32.9 Å². The van der Waals surface area contributed by atoms with E-state index in [4.69, 9.17) is 21.1 Å². The highest BCUT2D eigenvalue weighted by molar-refractivity contribution is 6.31. The van der Waals surface area contributed by atoms with Crippen molar-refractivity contribution in [1.29, 1.82) is 0 Å². The van der Waals surface area contributed by atoms with Crippen molar-refractivity contribution in [2.24, 2.45) is 0 Å². The number of carbonyl (C=O) groups excluding carboxylic acids is 1. The summed E-state index contributed by atoms with van der Waals surface area (Å²) in [4.78, 5) is 14.0. The van der Waals surface area contributed by atoms with Crippen molar-refractivity contribution in [2.45, 2.75) is 39.3 Å². The van der Waals surface area contributed by atoms with E-state index in [0.29, 0.717) is 29.1 Å². The Bertz CT molecular complexity index is 902. The Kier molecular flexibility index (Phi) is 5.53. The minimum atomic E-state index is -0.740. The molecule has 0 saturated carbocycles. The number of methoxy groups -OCH3 is 1. The molecule has 0 bridgehead atoms. The Hall–Kier alpha value is -2.34. The van der Waals surface area contributed by atoms with E-state index in [1.807, 2.05) is 0 Å². The van der Waals surface area contributed by atoms with Gasteiger partial charge in [0, 0.05) is 30.2 Å². The van der Waals surface area contributed by atoms with Crippen molar-refractivity contribution >= 4 is 17.7 Å². The summed E-state index contributed by atoms with van der Waals surface area (Å²) in [5.41, 5.74) is 0.967. The third kappa shape index (κ3) is 4.07. The van der Waals surface area contributed by atoms with Crippen LogP contribution in [-0.4, -0.2) is 30.2 Å². The summed E-state index contributed by atoms with van der Waals surface area (Å²) in [6.07, 6.45) is 0.000406. The molecular formula is C21H22ClF2NO3. The van der Waals surface area contributed by atoms with Crippen LogP contribution in [0.15, 0.2) is 24.3 Å². The van der Waals surface area contributed by atoms with E-state index in [-0.39, 0.29) is 17.9 Å². The number of halogens is 3. The number of amides is 1. The van der Waals surface area contributed by atoms with Gasteiger partial charge >= 0.3 is 6.09 Å². The monoisotopic (exact) mass is 409 g/mol. The van der Waals surface area contributed by atoms with Crippen molar-refractivity contribution in [3.8, 4) is 16.9 Å². The lowest BCUT2D eigenvalue weighted by Gasteiger charge is -2.32. The Labute approximate surface area is 168 Å². The van der Waals surface area contributed by atoms with Gasteiger partial charge in [-0.3, -0.25) is 0 Å². The molecule has 4 nitrogen and oxygen atoms in total. The molecule has 0 N–H and O–H groups in total. The first-order valence-electron chi connectivity index (χ1n) is 8.92. The molecule has 7 heteroatoms. The molecule has 0 aliphatic carbocycles. The number of rotatable bonds is 2. The van der Waals surface area contributed by atoms with Crippen molar-refractivity contribution in [1.82, 2.24) is 4.90 Å². The lowest BCUT2D eigenvalue weighted by Crippen LogP contribution is -2.40. The summed E-state index contributed by atoms with van der Waals surface area (Å²) in [7, 11) is 1.34. The summed E-state index contributed by atoms with van der Waals surface area (Å²) in [5, 5.41) is 0.511. The van der Waals surface area contributed by atoms with E-state index in [2.05, 4.69) is 0 Å². The molecule has 0 saturated heterocycles. The van der Waals surface area contributed by atoms with Gasteiger partial charge in [0.2, 0.25) is 0 Å². The lowest BCUT2D eigenvalue weighted by molar-refractivity contribution is 0.0224. The van der Waals surface area contributed by atoms with Gasteiger partial charge in [0.25, 0.3) is 0 Å². The first-order valence-corrected chi connectivity index (χ1v) is 9.30. The SMILES string of the molecule is COc1cc(F)c(-c2ccc(Cl)c3c2CN(C(=O)OC(C)(C)C)CC3)c(F)c1. The van der Waals surface area contributed by atoms with Gasteiger partial charge in [-0.1, -0.05) is 17.7 Å². The van der Waals surface area contributed by atoms with Gasteiger partial charge in [0.1, 0.15) is 23.0 Å². The van der Waals surface area contributed by atoms with Crippen LogP contribution in [0.3, 0.4) is 0 Å². The van der Waals surface area contributed by atoms with Crippen molar-refractivity contribution < 1.29 is 23.0 Å². The molecule has 2 aromatic carbocycles. The molecule has 0 radical (unpaired) electrons. The number of nitrogens with zero attached hydrogens (tertiary/aromatic N) is 1. The summed E-state index contributed by atoms with van der Waals surface area (Å²) < 4.78 is 39.7. The number of carbonyl (C=O) groups is 1. The maximum atomic E-state index is 14.7. The smallest absolute Gasteiger partial charge is 0.410 e. The molecule has 0 atom stereocenters. The van der Waals surface area contributed by atoms with Gasteiger partial charge in [-0.15, -0.1) is 0 Å². The third-order valence-corrected chi connectivity index (χ3v) is 4.88. The van der Waals surface area contributed by atoms with Gasteiger partial charge in [-0.2, -0.15) is 0 Å². The number of hydrogen-bond donors (Lipinski definition) is 0. The maximum absolute atomic E-state index is 14.7. The molecule has 0 unspecified atom stereocenters. The highest BCUT2D eigenvalue weighted by Crippen LogP contribution is 2.38. The summed E-state index contributed by atoms with van der Waals surface area (Å²) in [5.74, 6) is -1.39. The Morgan fingerprint density at radius 3 is 2.36 bits per heavy atom. The van der Waals surface area contributed by atoms with Gasteiger partial charge in [0.15, 0.2) is 0 Å². The molecule has 1 amide bonds. The molecule has 1 aliphatic heterocycles. The minimum Gasteiger partial charge on any atom is -0.497 e. The van der Waals surface area contributed by atoms with Crippen LogP contribution < -0.4 is 4.74 Å². The fourth-order valence-electron chi connectivity index (χ4n) is 3.27. The quantitative estimate of drug-likeness (QED) is 0.649. The molecule has 1 aliphatic rings. The standard InChI is InChI=1S/C21H22ClF2NO3/c1-21(2,3)28-20(26)25-8-7-13-15(11-25)14(5-6-16(13)22)19-17(23)9-12(27-4)10-18(19)24/h5-6,9-10H,7-8,11H2,1-4H3. The predicted molar refractivity (Wildman–Crippen MR) is 104 cm³/mol. The fourth-order valence-corrected chi connectivity index (χ4v) is 3.55. The molecule has 150 valence electrons. The first-order chi connectivity index (χ1) is 13.1. The van der Waals surface area contributed by atoms with Crippen LogP contribution in [0.2, 0.25) is 5.02 Å². The third-order valence-electron chi connectivity index (χ3n) is 4.53. The second-order valence-electron chi connectivity index (χ2n) is 7.67. The lowest BCUT2D eigenvalue weighted by atomic mass is 9.90. The van der Waals surface area contributed by atoms with E-state index in [9.17, 15) is 13.6 Å². The topological polar surface area (TPSA) is 38.8 Å². The largest absolute Gasteiger partial charge is 0.497 e. The summed E-state index contributed by atoms with van der Waals surface area (Å²) in [6.45, 7) is 5.93. The Morgan fingerprint density at radius 2 is 1.79 bits per heavy atom. The minimum absolute atomic E-state index is 0.0944. The zero-order chi connectivity index (χ0) is 20.6. The van der Waals surface area contributed by atoms with Crippen molar-refractivity contribution in [3.63, 3.8) is 0 Å². The maximum Gasteiger partial charge on any atom is 0.410 e. The van der Waals surface area contributed by atoms with Crippen LogP contribution in [-0.2, 0) is 17.7 Å². The van der Waals surface area contributed by atoms with Crippen molar-refractivity contribution in [3.05, 3.63) is 52.0 Å². The van der Waals surface area contributed by atoms with Crippen molar-refractivity contribution in [2.75, 3.05) is 13.7 Å². The first kappa shape index (κ1) is 20.4. The van der Waals surface area contributed by atoms with Crippen LogP contribution in [0.1, 0.15) is 31.9 Å². The second-order valence-corrected chi connectivity index (χ2v) is 8.08. The van der Waals surface area contributed by atoms with E-state index < -0.39 is 23.3 Å². The zero-order valence-electron chi connectivity index (χ0n) is 16.2. The number of fused-ring (bicyclic) bond motifs is 1. The molecular weight excluding hydrogens is 388 g/mol. The summed E-state index contributed by atoms with van der Waals surface area (Å²) >= 11 is 6.32. The molecule has 28 heavy (non-hydrogen) atoms. The molecule has 0 fully saturated rings. The normalized spacial score (nSPS) is 13.9. The molecule has 3 rings (SSSR count). The number of hydrogen-bond acceptors (Lipinski definition) is 3. The van der Waals surface area contributed by atoms with Gasteiger partial charge in [-0.05, 0) is 49.9 Å². The van der Waals surface area contributed by atoms with Gasteiger partial charge < -0.3 is 14.4 Å². The van der Waals surface area contributed by atoms with E-state index in [1.165, 1.54) is 12.0 Å². The molecule has 2 aromatic rings. The van der Waals surface area contributed by atoms with Crippen LogP contribution in [0.25, 0.3) is 11.1 Å². The predicted octanol–water partition coefficient (Wildman–Crippen LogP) is 5.59. The number of ether oxygens (including phenoxy) is 2. The Balaban J connectivity index is 2.05. The van der Waals surface area contributed by atoms with Crippen LogP contribution in [0.5, 0.6) is 5.75 Å². The fraction of sp³-hybridized carbons (Fsp3) is 0.381.